The molecular formula is C20H17N5O3S2. The first kappa shape index (κ1) is 19.8. The Morgan fingerprint density at radius 2 is 1.73 bits per heavy atom. The van der Waals surface area contributed by atoms with E-state index >= 15 is 0 Å². The largest absolute Gasteiger partial charge is 0.473 e. The standard InChI is InChI=1S/C20H17N5O3S2/c26-30(27,25-20-22-12-13-29-20)17-8-6-16(7-9-17)23-19-21-11-10-18(24-19)28-14-15-4-2-1-3-5-15/h1-13H,14H2,(H,22,25)(H,21,23,24). The molecule has 0 atom stereocenters. The average molecular weight is 440 g/mol. The van der Waals surface area contributed by atoms with Gasteiger partial charge in [0.25, 0.3) is 10.0 Å². The van der Waals surface area contributed by atoms with Crippen LogP contribution in [0.2, 0.25) is 0 Å². The summed E-state index contributed by atoms with van der Waals surface area (Å²) in [4.78, 5) is 12.6. The van der Waals surface area contributed by atoms with E-state index in [1.807, 2.05) is 30.3 Å². The van der Waals surface area contributed by atoms with E-state index in [-0.39, 0.29) is 4.90 Å². The molecule has 2 aromatic heterocycles. The molecule has 152 valence electrons. The zero-order valence-electron chi connectivity index (χ0n) is 15.6. The van der Waals surface area contributed by atoms with E-state index in [2.05, 4.69) is 25.0 Å². The van der Waals surface area contributed by atoms with Crippen LogP contribution >= 0.6 is 11.3 Å². The van der Waals surface area contributed by atoms with Crippen molar-refractivity contribution in [1.29, 1.82) is 0 Å². The first-order valence-electron chi connectivity index (χ1n) is 8.88. The highest BCUT2D eigenvalue weighted by atomic mass is 32.2. The van der Waals surface area contributed by atoms with Crippen molar-refractivity contribution in [3.05, 3.63) is 84.0 Å². The normalized spacial score (nSPS) is 11.1. The fraction of sp³-hybridized carbons (Fsp3) is 0.0500. The third kappa shape index (κ3) is 5.10. The monoisotopic (exact) mass is 439 g/mol. The minimum absolute atomic E-state index is 0.129. The smallest absolute Gasteiger partial charge is 0.263 e. The van der Waals surface area contributed by atoms with Crippen molar-refractivity contribution >= 4 is 38.1 Å². The molecule has 2 heterocycles. The number of hydrogen-bond acceptors (Lipinski definition) is 8. The number of sulfonamides is 1. The van der Waals surface area contributed by atoms with Gasteiger partial charge in [0.2, 0.25) is 11.8 Å². The van der Waals surface area contributed by atoms with Crippen molar-refractivity contribution in [2.45, 2.75) is 11.5 Å². The van der Waals surface area contributed by atoms with Crippen LogP contribution in [0.1, 0.15) is 5.56 Å². The summed E-state index contributed by atoms with van der Waals surface area (Å²) in [6.07, 6.45) is 3.12. The van der Waals surface area contributed by atoms with Crippen molar-refractivity contribution in [3.8, 4) is 5.88 Å². The number of nitrogens with zero attached hydrogens (tertiary/aromatic N) is 3. The third-order valence-electron chi connectivity index (χ3n) is 3.93. The lowest BCUT2D eigenvalue weighted by Crippen LogP contribution is -2.12. The number of benzene rings is 2. The summed E-state index contributed by atoms with van der Waals surface area (Å²) in [5.41, 5.74) is 1.68. The number of rotatable bonds is 8. The molecule has 0 fully saturated rings. The van der Waals surface area contributed by atoms with Crippen LogP contribution in [0.25, 0.3) is 0 Å². The summed E-state index contributed by atoms with van der Waals surface area (Å²) in [5.74, 6) is 0.778. The zero-order chi connectivity index (χ0) is 20.8. The first-order chi connectivity index (χ1) is 14.6. The van der Waals surface area contributed by atoms with Crippen molar-refractivity contribution in [2.24, 2.45) is 0 Å². The van der Waals surface area contributed by atoms with Crippen LogP contribution in [0.15, 0.2) is 83.3 Å². The van der Waals surface area contributed by atoms with Crippen LogP contribution in [0.3, 0.4) is 0 Å². The number of thiazole rings is 1. The molecule has 0 amide bonds. The molecule has 0 aliphatic carbocycles. The van der Waals surface area contributed by atoms with Gasteiger partial charge in [0.05, 0.1) is 4.90 Å². The molecule has 0 spiro atoms. The van der Waals surface area contributed by atoms with Gasteiger partial charge in [-0.05, 0) is 29.8 Å². The van der Waals surface area contributed by atoms with Gasteiger partial charge in [-0.25, -0.2) is 18.4 Å². The Labute approximate surface area is 177 Å². The molecule has 0 aliphatic rings. The van der Waals surface area contributed by atoms with Gasteiger partial charge in [-0.15, -0.1) is 11.3 Å². The molecule has 2 aromatic carbocycles. The second-order valence-corrected chi connectivity index (χ2v) is 8.66. The Balaban J connectivity index is 1.41. The zero-order valence-corrected chi connectivity index (χ0v) is 17.2. The molecule has 10 heteroatoms. The van der Waals surface area contributed by atoms with Crippen LogP contribution in [0.4, 0.5) is 16.8 Å². The molecule has 0 bridgehead atoms. The molecule has 8 nitrogen and oxygen atoms in total. The molecule has 2 N–H and O–H groups in total. The lowest BCUT2D eigenvalue weighted by atomic mass is 10.2. The summed E-state index contributed by atoms with van der Waals surface area (Å²) in [6, 6.07) is 17.7. The maximum absolute atomic E-state index is 12.4. The SMILES string of the molecule is O=S(=O)(Nc1nccs1)c1ccc(Nc2nccc(OCc3ccccc3)n2)cc1. The van der Waals surface area contributed by atoms with Gasteiger partial charge >= 0.3 is 0 Å². The van der Waals surface area contributed by atoms with E-state index in [1.165, 1.54) is 29.7 Å². The van der Waals surface area contributed by atoms with Gasteiger partial charge in [-0.2, -0.15) is 4.98 Å². The van der Waals surface area contributed by atoms with Gasteiger partial charge < -0.3 is 10.1 Å². The van der Waals surface area contributed by atoms with Gasteiger partial charge in [0.15, 0.2) is 5.13 Å². The van der Waals surface area contributed by atoms with Crippen molar-refractivity contribution in [2.75, 3.05) is 10.0 Å². The van der Waals surface area contributed by atoms with Crippen LogP contribution < -0.4 is 14.8 Å². The Morgan fingerprint density at radius 3 is 2.47 bits per heavy atom. The lowest BCUT2D eigenvalue weighted by molar-refractivity contribution is 0.294. The predicted molar refractivity (Wildman–Crippen MR) is 115 cm³/mol. The molecule has 30 heavy (non-hydrogen) atoms. The van der Waals surface area contributed by atoms with E-state index in [9.17, 15) is 8.42 Å². The molecule has 0 saturated carbocycles. The van der Waals surface area contributed by atoms with E-state index in [1.54, 1.807) is 29.8 Å². The molecule has 0 saturated heterocycles. The summed E-state index contributed by atoms with van der Waals surface area (Å²) in [7, 11) is -3.69. The van der Waals surface area contributed by atoms with Crippen LogP contribution in [-0.2, 0) is 16.6 Å². The minimum atomic E-state index is -3.69. The van der Waals surface area contributed by atoms with E-state index < -0.39 is 10.0 Å². The molecule has 0 aliphatic heterocycles. The number of nitrogens with one attached hydrogen (secondary N) is 2. The van der Waals surface area contributed by atoms with Crippen LogP contribution in [-0.4, -0.2) is 23.4 Å². The maximum Gasteiger partial charge on any atom is 0.263 e. The Bertz CT molecular complexity index is 1200. The summed E-state index contributed by atoms with van der Waals surface area (Å²) in [6.45, 7) is 0.399. The van der Waals surface area contributed by atoms with Crippen molar-refractivity contribution < 1.29 is 13.2 Å². The highest BCUT2D eigenvalue weighted by Gasteiger charge is 2.15. The van der Waals surface area contributed by atoms with Crippen LogP contribution in [0.5, 0.6) is 5.88 Å². The van der Waals surface area contributed by atoms with Crippen molar-refractivity contribution in [1.82, 2.24) is 15.0 Å². The lowest BCUT2D eigenvalue weighted by Gasteiger charge is -2.09. The molecular weight excluding hydrogens is 422 g/mol. The van der Waals surface area contributed by atoms with E-state index in [4.69, 9.17) is 4.74 Å². The van der Waals surface area contributed by atoms with Gasteiger partial charge in [0, 0.05) is 29.5 Å². The number of aromatic nitrogens is 3. The van der Waals surface area contributed by atoms with Crippen molar-refractivity contribution in [3.63, 3.8) is 0 Å². The maximum atomic E-state index is 12.4. The number of hydrogen-bond donors (Lipinski definition) is 2. The Morgan fingerprint density at radius 1 is 0.933 bits per heavy atom. The van der Waals surface area contributed by atoms with Crippen LogP contribution in [0, 0.1) is 0 Å². The molecule has 4 rings (SSSR count). The number of ether oxygens (including phenoxy) is 1. The van der Waals surface area contributed by atoms with E-state index in [0.717, 1.165) is 5.56 Å². The Hall–Kier alpha value is -3.50. The van der Waals surface area contributed by atoms with Gasteiger partial charge in [0.1, 0.15) is 6.61 Å². The summed E-state index contributed by atoms with van der Waals surface area (Å²) < 4.78 is 32.9. The summed E-state index contributed by atoms with van der Waals surface area (Å²) >= 11 is 1.21. The molecule has 4 aromatic rings. The first-order valence-corrected chi connectivity index (χ1v) is 11.2. The predicted octanol–water partition coefficient (Wildman–Crippen LogP) is 4.06. The average Bonchev–Trinajstić information content (AvgIpc) is 3.26. The summed E-state index contributed by atoms with van der Waals surface area (Å²) in [5, 5.41) is 5.05. The van der Waals surface area contributed by atoms with Gasteiger partial charge in [-0.1, -0.05) is 30.3 Å². The highest BCUT2D eigenvalue weighted by molar-refractivity contribution is 7.93. The van der Waals surface area contributed by atoms with Gasteiger partial charge in [-0.3, -0.25) is 4.72 Å². The topological polar surface area (TPSA) is 106 Å². The molecule has 0 unspecified atom stereocenters. The quantitative estimate of drug-likeness (QED) is 0.426. The second kappa shape index (κ2) is 8.89. The fourth-order valence-corrected chi connectivity index (χ4v) is 4.30. The third-order valence-corrected chi connectivity index (χ3v) is 6.11. The minimum Gasteiger partial charge on any atom is -0.473 e. The fourth-order valence-electron chi connectivity index (χ4n) is 2.51. The van der Waals surface area contributed by atoms with E-state index in [0.29, 0.717) is 29.3 Å². The molecule has 0 radical (unpaired) electrons. The highest BCUT2D eigenvalue weighted by Crippen LogP contribution is 2.21. The number of anilines is 3. The Kier molecular flexibility index (Phi) is 5.87. The second-order valence-electron chi connectivity index (χ2n) is 6.08.